The number of thiophene rings is 1. The number of benzene rings is 1. The zero-order chi connectivity index (χ0) is 13.7. The molecule has 1 aromatic carbocycles. The molecule has 0 saturated heterocycles. The van der Waals surface area contributed by atoms with Gasteiger partial charge in [0.05, 0.1) is 5.39 Å². The van der Waals surface area contributed by atoms with Crippen LogP contribution >= 0.6 is 27.3 Å². The highest BCUT2D eigenvalue weighted by Gasteiger charge is 2.12. The fraction of sp³-hybridized carbons (Fsp3) is 0. The van der Waals surface area contributed by atoms with E-state index in [2.05, 4.69) is 31.0 Å². The summed E-state index contributed by atoms with van der Waals surface area (Å²) in [5, 5.41) is 7.13. The summed E-state index contributed by atoms with van der Waals surface area (Å²) in [5.41, 5.74) is 1.19. The Bertz CT molecular complexity index is 983. The summed E-state index contributed by atoms with van der Waals surface area (Å²) in [5.74, 6) is 0.543. The van der Waals surface area contributed by atoms with Crippen LogP contribution in [-0.2, 0) is 0 Å². The van der Waals surface area contributed by atoms with E-state index in [0.29, 0.717) is 11.5 Å². The Hall–Kier alpha value is -1.99. The molecular weight excluding hydrogens is 340 g/mol. The van der Waals surface area contributed by atoms with Gasteiger partial charge in [0, 0.05) is 10.0 Å². The molecule has 20 heavy (non-hydrogen) atoms. The van der Waals surface area contributed by atoms with Crippen LogP contribution in [0.2, 0.25) is 0 Å². The smallest absolute Gasteiger partial charge is 0.297 e. The topological polar surface area (TPSA) is 63.0 Å². The molecule has 5 nitrogen and oxygen atoms in total. The number of nitrogens with one attached hydrogen (secondary N) is 1. The molecule has 0 atom stereocenters. The van der Waals surface area contributed by atoms with E-state index >= 15 is 0 Å². The average molecular weight is 347 g/mol. The molecule has 0 spiro atoms. The number of H-pyrrole nitrogens is 1. The van der Waals surface area contributed by atoms with Gasteiger partial charge in [0.1, 0.15) is 4.83 Å². The Morgan fingerprint density at radius 1 is 1.20 bits per heavy atom. The third-order valence-electron chi connectivity index (χ3n) is 3.03. The number of hydrogen-bond acceptors (Lipinski definition) is 4. The third kappa shape index (κ3) is 1.70. The van der Waals surface area contributed by atoms with Crippen molar-refractivity contribution in [3.8, 4) is 11.4 Å². The van der Waals surface area contributed by atoms with Crippen LogP contribution in [0.25, 0.3) is 27.3 Å². The molecule has 4 rings (SSSR count). The Morgan fingerprint density at radius 3 is 2.80 bits per heavy atom. The molecule has 3 aromatic heterocycles. The highest BCUT2D eigenvalue weighted by molar-refractivity contribution is 9.10. The van der Waals surface area contributed by atoms with Crippen LogP contribution < -0.4 is 5.69 Å². The number of rotatable bonds is 1. The van der Waals surface area contributed by atoms with Gasteiger partial charge in [-0.3, -0.25) is 4.98 Å². The van der Waals surface area contributed by atoms with Crippen molar-refractivity contribution in [1.82, 2.24) is 19.6 Å². The van der Waals surface area contributed by atoms with Gasteiger partial charge in [-0.2, -0.15) is 4.52 Å². The number of halogens is 1. The summed E-state index contributed by atoms with van der Waals surface area (Å²) in [6.07, 6.45) is 0. The highest BCUT2D eigenvalue weighted by atomic mass is 79.9. The van der Waals surface area contributed by atoms with Crippen LogP contribution in [0.3, 0.4) is 0 Å². The van der Waals surface area contributed by atoms with Gasteiger partial charge in [-0.1, -0.05) is 28.1 Å². The van der Waals surface area contributed by atoms with Crippen molar-refractivity contribution in [2.75, 3.05) is 0 Å². The van der Waals surface area contributed by atoms with Crippen LogP contribution in [0, 0.1) is 0 Å². The van der Waals surface area contributed by atoms with Crippen LogP contribution in [-0.4, -0.2) is 19.6 Å². The molecule has 0 unspecified atom stereocenters. The minimum absolute atomic E-state index is 0.272. The fourth-order valence-corrected chi connectivity index (χ4v) is 3.12. The summed E-state index contributed by atoms with van der Waals surface area (Å²) < 4.78 is 2.30. The van der Waals surface area contributed by atoms with E-state index in [1.54, 1.807) is 0 Å². The molecule has 1 N–H and O–H groups in total. The van der Waals surface area contributed by atoms with E-state index in [9.17, 15) is 4.79 Å². The maximum atomic E-state index is 12.0. The van der Waals surface area contributed by atoms with Crippen molar-refractivity contribution in [2.24, 2.45) is 0 Å². The molecule has 0 fully saturated rings. The largest absolute Gasteiger partial charge is 0.349 e. The summed E-state index contributed by atoms with van der Waals surface area (Å²) in [6.45, 7) is 0. The highest BCUT2D eigenvalue weighted by Crippen LogP contribution is 2.23. The number of fused-ring (bicyclic) bond motifs is 3. The van der Waals surface area contributed by atoms with Crippen LogP contribution in [0.15, 0.2) is 45.0 Å². The van der Waals surface area contributed by atoms with Gasteiger partial charge >= 0.3 is 5.69 Å². The Labute approximate surface area is 125 Å². The van der Waals surface area contributed by atoms with Crippen LogP contribution in [0.4, 0.5) is 0 Å². The van der Waals surface area contributed by atoms with Gasteiger partial charge in [-0.05, 0) is 23.6 Å². The number of aromatic nitrogens is 4. The van der Waals surface area contributed by atoms with Crippen molar-refractivity contribution < 1.29 is 0 Å². The summed E-state index contributed by atoms with van der Waals surface area (Å²) in [4.78, 5) is 20.1. The van der Waals surface area contributed by atoms with Crippen molar-refractivity contribution in [1.29, 1.82) is 0 Å². The third-order valence-corrected chi connectivity index (χ3v) is 4.39. The lowest BCUT2D eigenvalue weighted by molar-refractivity contribution is 0.887. The second-order valence-corrected chi connectivity index (χ2v) is 6.10. The van der Waals surface area contributed by atoms with E-state index in [0.717, 1.165) is 20.3 Å². The molecule has 0 aliphatic heterocycles. The van der Waals surface area contributed by atoms with Crippen LogP contribution in [0.1, 0.15) is 0 Å². The van der Waals surface area contributed by atoms with Crippen molar-refractivity contribution >= 4 is 43.1 Å². The van der Waals surface area contributed by atoms with Crippen LogP contribution in [0.5, 0.6) is 0 Å². The molecule has 0 radical (unpaired) electrons. The first kappa shape index (κ1) is 11.8. The molecule has 7 heteroatoms. The second kappa shape index (κ2) is 4.26. The van der Waals surface area contributed by atoms with Gasteiger partial charge in [-0.25, -0.2) is 9.78 Å². The van der Waals surface area contributed by atoms with Gasteiger partial charge in [0.15, 0.2) is 11.5 Å². The molecule has 3 heterocycles. The zero-order valence-electron chi connectivity index (χ0n) is 10.0. The first-order valence-corrected chi connectivity index (χ1v) is 7.52. The lowest BCUT2D eigenvalue weighted by Gasteiger charge is -1.93. The fourth-order valence-electron chi connectivity index (χ4n) is 2.08. The Morgan fingerprint density at radius 2 is 2.00 bits per heavy atom. The van der Waals surface area contributed by atoms with E-state index < -0.39 is 0 Å². The van der Waals surface area contributed by atoms with E-state index in [-0.39, 0.29) is 5.69 Å². The normalized spacial score (nSPS) is 11.4. The molecule has 98 valence electrons. The lowest BCUT2D eigenvalue weighted by atomic mass is 10.2. The lowest BCUT2D eigenvalue weighted by Crippen LogP contribution is -2.16. The predicted molar refractivity (Wildman–Crippen MR) is 82.1 cm³/mol. The quantitative estimate of drug-likeness (QED) is 0.576. The van der Waals surface area contributed by atoms with Gasteiger partial charge < -0.3 is 0 Å². The Kier molecular flexibility index (Phi) is 2.51. The molecule has 0 saturated carbocycles. The molecule has 0 aliphatic rings. The monoisotopic (exact) mass is 346 g/mol. The number of aromatic amines is 1. The molecule has 0 bridgehead atoms. The maximum Gasteiger partial charge on any atom is 0.349 e. The number of nitrogens with zero attached hydrogens (tertiary/aromatic N) is 3. The summed E-state index contributed by atoms with van der Waals surface area (Å²) in [7, 11) is 0. The molecule has 0 aliphatic carbocycles. The summed E-state index contributed by atoms with van der Waals surface area (Å²) >= 11 is 4.87. The first-order chi connectivity index (χ1) is 9.72. The average Bonchev–Trinajstić information content (AvgIpc) is 3.05. The van der Waals surface area contributed by atoms with E-state index in [4.69, 9.17) is 0 Å². The standard InChI is InChI=1S/C13H7BrN4OS/c14-8-3-1-7(2-4-8)10-15-11-9-5-6-20-12(9)16-13(19)18(11)17-10/h1-6H,(H,16,19). The van der Waals surface area contributed by atoms with Crippen molar-refractivity contribution in [3.63, 3.8) is 0 Å². The van der Waals surface area contributed by atoms with Gasteiger partial charge in [0.25, 0.3) is 0 Å². The molecular formula is C13H7BrN4OS. The van der Waals surface area contributed by atoms with Crippen molar-refractivity contribution in [3.05, 3.63) is 50.7 Å². The van der Waals surface area contributed by atoms with E-state index in [1.165, 1.54) is 15.9 Å². The maximum absolute atomic E-state index is 12.0. The zero-order valence-corrected chi connectivity index (χ0v) is 12.4. The first-order valence-electron chi connectivity index (χ1n) is 5.84. The minimum Gasteiger partial charge on any atom is -0.297 e. The SMILES string of the molecule is O=c1[nH]c2sccc2c2nc(-c3ccc(Br)cc3)nn12. The second-order valence-electron chi connectivity index (χ2n) is 4.27. The Balaban J connectivity index is 2.05. The van der Waals surface area contributed by atoms with Gasteiger partial charge in [-0.15, -0.1) is 16.4 Å². The molecule has 4 aromatic rings. The van der Waals surface area contributed by atoms with E-state index in [1.807, 2.05) is 35.7 Å². The predicted octanol–water partition coefficient (Wildman–Crippen LogP) is 3.06. The number of hydrogen-bond donors (Lipinski definition) is 1. The minimum atomic E-state index is -0.272. The van der Waals surface area contributed by atoms with Crippen molar-refractivity contribution in [2.45, 2.75) is 0 Å². The molecule has 0 amide bonds. The summed E-state index contributed by atoms with van der Waals surface area (Å²) in [6, 6.07) is 9.61. The van der Waals surface area contributed by atoms with Gasteiger partial charge in [0.2, 0.25) is 0 Å².